The lowest BCUT2D eigenvalue weighted by Gasteiger charge is -2.32. The van der Waals surface area contributed by atoms with Gasteiger partial charge in [0.1, 0.15) is 0 Å². The fourth-order valence-electron chi connectivity index (χ4n) is 3.35. The van der Waals surface area contributed by atoms with Gasteiger partial charge < -0.3 is 15.3 Å². The first-order valence-electron chi connectivity index (χ1n) is 7.04. The highest BCUT2D eigenvalue weighted by molar-refractivity contribution is 5.92. The van der Waals surface area contributed by atoms with Gasteiger partial charge in [0, 0.05) is 20.1 Å². The highest BCUT2D eigenvalue weighted by Crippen LogP contribution is 2.59. The minimum Gasteiger partial charge on any atom is -0.481 e. The van der Waals surface area contributed by atoms with Gasteiger partial charge in [-0.3, -0.25) is 14.4 Å². The second-order valence-electron chi connectivity index (χ2n) is 6.35. The molecule has 1 saturated carbocycles. The first kappa shape index (κ1) is 14.8. The van der Waals surface area contributed by atoms with Crippen molar-refractivity contribution in [3.8, 4) is 0 Å². The second kappa shape index (κ2) is 5.07. The number of rotatable bonds is 3. The fraction of sp³-hybridized carbons (Fsp3) is 0.786. The Morgan fingerprint density at radius 3 is 2.40 bits per heavy atom. The van der Waals surface area contributed by atoms with Gasteiger partial charge >= 0.3 is 5.97 Å². The van der Waals surface area contributed by atoms with Crippen LogP contribution in [0.5, 0.6) is 0 Å². The predicted molar refractivity (Wildman–Crippen MR) is 71.8 cm³/mol. The second-order valence-corrected chi connectivity index (χ2v) is 6.35. The van der Waals surface area contributed by atoms with E-state index in [-0.39, 0.29) is 17.7 Å². The van der Waals surface area contributed by atoms with Crippen LogP contribution in [-0.4, -0.2) is 47.9 Å². The molecule has 0 aromatic heterocycles. The molecule has 0 aromatic carbocycles. The number of aliphatic carboxylic acids is 1. The Hall–Kier alpha value is -1.59. The molecule has 1 aliphatic heterocycles. The van der Waals surface area contributed by atoms with Crippen LogP contribution in [0, 0.1) is 23.2 Å². The van der Waals surface area contributed by atoms with Gasteiger partial charge in [-0.15, -0.1) is 0 Å². The molecule has 2 amide bonds. The molecule has 2 fully saturated rings. The van der Waals surface area contributed by atoms with Crippen molar-refractivity contribution in [2.75, 3.05) is 20.1 Å². The Morgan fingerprint density at radius 1 is 1.25 bits per heavy atom. The number of likely N-dealkylation sites (tertiary alicyclic amines) is 1. The SMILES string of the molecule is CNC(=O)C1CCCN(C(=O)[C@@H]2[C@H](C(=O)O)C2(C)C)C1. The van der Waals surface area contributed by atoms with Gasteiger partial charge in [-0.25, -0.2) is 0 Å². The Bertz CT molecular complexity index is 446. The number of amides is 2. The van der Waals surface area contributed by atoms with E-state index in [0.29, 0.717) is 13.1 Å². The van der Waals surface area contributed by atoms with Gasteiger partial charge in [-0.05, 0) is 18.3 Å². The summed E-state index contributed by atoms with van der Waals surface area (Å²) in [7, 11) is 1.59. The molecule has 1 saturated heterocycles. The number of carbonyl (C=O) groups excluding carboxylic acids is 2. The molecule has 6 heteroatoms. The molecule has 3 atom stereocenters. The predicted octanol–water partition coefficient (Wildman–Crippen LogP) is 0.328. The van der Waals surface area contributed by atoms with Gasteiger partial charge in [0.2, 0.25) is 11.8 Å². The lowest BCUT2D eigenvalue weighted by atomic mass is 9.96. The summed E-state index contributed by atoms with van der Waals surface area (Å²) < 4.78 is 0. The summed E-state index contributed by atoms with van der Waals surface area (Å²) in [5.41, 5.74) is -0.483. The number of carbonyl (C=O) groups is 3. The van der Waals surface area contributed by atoms with Crippen LogP contribution in [0.2, 0.25) is 0 Å². The Morgan fingerprint density at radius 2 is 1.90 bits per heavy atom. The zero-order chi connectivity index (χ0) is 15.1. The molecule has 20 heavy (non-hydrogen) atoms. The Labute approximate surface area is 118 Å². The zero-order valence-electron chi connectivity index (χ0n) is 12.2. The average molecular weight is 282 g/mol. The van der Waals surface area contributed by atoms with Crippen LogP contribution in [0.4, 0.5) is 0 Å². The molecular formula is C14H22N2O4. The van der Waals surface area contributed by atoms with Crippen LogP contribution in [0.25, 0.3) is 0 Å². The molecule has 1 heterocycles. The molecule has 2 N–H and O–H groups in total. The van der Waals surface area contributed by atoms with Gasteiger partial charge in [-0.1, -0.05) is 13.8 Å². The molecule has 112 valence electrons. The van der Waals surface area contributed by atoms with E-state index in [1.165, 1.54) is 0 Å². The summed E-state index contributed by atoms with van der Waals surface area (Å²) in [6.07, 6.45) is 1.56. The van der Waals surface area contributed by atoms with Crippen LogP contribution in [-0.2, 0) is 14.4 Å². The number of nitrogens with one attached hydrogen (secondary N) is 1. The van der Waals surface area contributed by atoms with Crippen LogP contribution < -0.4 is 5.32 Å². The minimum atomic E-state index is -0.909. The number of hydrogen-bond donors (Lipinski definition) is 2. The van der Waals surface area contributed by atoms with Crippen molar-refractivity contribution in [3.63, 3.8) is 0 Å². The van der Waals surface area contributed by atoms with E-state index in [9.17, 15) is 14.4 Å². The largest absolute Gasteiger partial charge is 0.481 e. The Kier molecular flexibility index (Phi) is 3.75. The summed E-state index contributed by atoms with van der Waals surface area (Å²) in [6.45, 7) is 4.64. The standard InChI is InChI=1S/C14H22N2O4/c1-14(2)9(10(14)13(19)20)12(18)16-6-4-5-8(7-16)11(17)15-3/h8-10H,4-7H2,1-3H3,(H,15,17)(H,19,20)/t8?,9-,10+/m0/s1. The van der Waals surface area contributed by atoms with Crippen LogP contribution in [0.1, 0.15) is 26.7 Å². The number of piperidine rings is 1. The van der Waals surface area contributed by atoms with E-state index in [0.717, 1.165) is 12.8 Å². The first-order valence-corrected chi connectivity index (χ1v) is 7.04. The normalized spacial score (nSPS) is 31.6. The zero-order valence-corrected chi connectivity index (χ0v) is 12.2. The topological polar surface area (TPSA) is 86.7 Å². The maximum absolute atomic E-state index is 12.5. The van der Waals surface area contributed by atoms with Crippen LogP contribution in [0.3, 0.4) is 0 Å². The lowest BCUT2D eigenvalue weighted by Crippen LogP contribution is -2.45. The summed E-state index contributed by atoms with van der Waals surface area (Å²) in [4.78, 5) is 37.0. The molecule has 2 aliphatic rings. The molecule has 2 rings (SSSR count). The molecule has 0 aromatic rings. The van der Waals surface area contributed by atoms with Crippen LogP contribution >= 0.6 is 0 Å². The van der Waals surface area contributed by atoms with Crippen molar-refractivity contribution < 1.29 is 19.5 Å². The molecule has 0 spiro atoms. The molecular weight excluding hydrogens is 260 g/mol. The van der Waals surface area contributed by atoms with Crippen molar-refractivity contribution in [1.29, 1.82) is 0 Å². The average Bonchev–Trinajstić information content (AvgIpc) is 3.00. The maximum atomic E-state index is 12.5. The van der Waals surface area contributed by atoms with E-state index in [1.807, 2.05) is 13.8 Å². The summed E-state index contributed by atoms with van der Waals surface area (Å²) >= 11 is 0. The monoisotopic (exact) mass is 282 g/mol. The van der Waals surface area contributed by atoms with Crippen molar-refractivity contribution in [2.45, 2.75) is 26.7 Å². The number of carboxylic acid groups (broad SMARTS) is 1. The Balaban J connectivity index is 2.03. The van der Waals surface area contributed by atoms with Crippen LogP contribution in [0.15, 0.2) is 0 Å². The van der Waals surface area contributed by atoms with E-state index in [4.69, 9.17) is 5.11 Å². The van der Waals surface area contributed by atoms with Crippen molar-refractivity contribution in [2.24, 2.45) is 23.2 Å². The fourth-order valence-corrected chi connectivity index (χ4v) is 3.35. The molecule has 0 radical (unpaired) electrons. The van der Waals surface area contributed by atoms with Crippen molar-refractivity contribution in [3.05, 3.63) is 0 Å². The third-order valence-electron chi connectivity index (χ3n) is 4.71. The van der Waals surface area contributed by atoms with E-state index in [1.54, 1.807) is 11.9 Å². The van der Waals surface area contributed by atoms with E-state index < -0.39 is 23.2 Å². The van der Waals surface area contributed by atoms with Gasteiger partial charge in [0.25, 0.3) is 0 Å². The highest BCUT2D eigenvalue weighted by Gasteiger charge is 2.66. The van der Waals surface area contributed by atoms with Gasteiger partial charge in [0.05, 0.1) is 17.8 Å². The molecule has 0 bridgehead atoms. The van der Waals surface area contributed by atoms with Crippen molar-refractivity contribution in [1.82, 2.24) is 10.2 Å². The highest BCUT2D eigenvalue weighted by atomic mass is 16.4. The lowest BCUT2D eigenvalue weighted by molar-refractivity contribution is -0.143. The summed E-state index contributed by atoms with van der Waals surface area (Å²) in [6, 6.07) is 0. The van der Waals surface area contributed by atoms with E-state index in [2.05, 4.69) is 5.32 Å². The van der Waals surface area contributed by atoms with Crippen molar-refractivity contribution >= 4 is 17.8 Å². The minimum absolute atomic E-state index is 0.0488. The smallest absolute Gasteiger partial charge is 0.307 e. The summed E-state index contributed by atoms with van der Waals surface area (Å²) in [5, 5.41) is 11.8. The quantitative estimate of drug-likeness (QED) is 0.781. The molecule has 6 nitrogen and oxygen atoms in total. The maximum Gasteiger partial charge on any atom is 0.307 e. The number of carboxylic acids is 1. The first-order chi connectivity index (χ1) is 9.30. The molecule has 1 unspecified atom stereocenters. The van der Waals surface area contributed by atoms with Gasteiger partial charge in [-0.2, -0.15) is 0 Å². The third-order valence-corrected chi connectivity index (χ3v) is 4.71. The number of hydrogen-bond acceptors (Lipinski definition) is 3. The number of nitrogens with zero attached hydrogens (tertiary/aromatic N) is 1. The van der Waals surface area contributed by atoms with E-state index >= 15 is 0 Å². The third kappa shape index (κ3) is 2.39. The summed E-state index contributed by atoms with van der Waals surface area (Å²) in [5.74, 6) is -2.31. The molecule has 1 aliphatic carbocycles. The van der Waals surface area contributed by atoms with Gasteiger partial charge in [0.15, 0.2) is 0 Å².